The highest BCUT2D eigenvalue weighted by molar-refractivity contribution is 6.00. The first-order valence-corrected chi connectivity index (χ1v) is 15.1. The van der Waals surface area contributed by atoms with Crippen LogP contribution in [0.1, 0.15) is 85.3 Å². The second kappa shape index (κ2) is 15.4. The highest BCUT2D eigenvalue weighted by Crippen LogP contribution is 2.27. The zero-order valence-electron chi connectivity index (χ0n) is 26.0. The van der Waals surface area contributed by atoms with E-state index in [0.717, 1.165) is 42.9 Å². The number of hydrogen-bond donors (Lipinski definition) is 2. The van der Waals surface area contributed by atoms with Gasteiger partial charge in [0.25, 0.3) is 5.91 Å². The summed E-state index contributed by atoms with van der Waals surface area (Å²) in [6.45, 7) is 11.6. The third kappa shape index (κ3) is 9.61. The summed E-state index contributed by atoms with van der Waals surface area (Å²) in [4.78, 5) is 42.9. The molecule has 0 saturated carbocycles. The van der Waals surface area contributed by atoms with E-state index in [-0.39, 0.29) is 17.7 Å². The average Bonchev–Trinajstić information content (AvgIpc) is 2.94. The molecule has 0 aliphatic carbocycles. The summed E-state index contributed by atoms with van der Waals surface area (Å²) < 4.78 is 5.48. The fourth-order valence-corrected chi connectivity index (χ4v) is 4.96. The molecule has 7 nitrogen and oxygen atoms in total. The van der Waals surface area contributed by atoms with Gasteiger partial charge in [0.2, 0.25) is 5.91 Å². The van der Waals surface area contributed by atoms with Crippen LogP contribution in [0.5, 0.6) is 0 Å². The fourth-order valence-electron chi connectivity index (χ4n) is 4.96. The summed E-state index contributed by atoms with van der Waals surface area (Å²) in [7, 11) is 0. The van der Waals surface area contributed by atoms with E-state index in [9.17, 15) is 14.4 Å². The Morgan fingerprint density at radius 3 is 2.12 bits per heavy atom. The number of unbranched alkanes of at least 4 members (excludes halogenated alkanes) is 4. The molecule has 0 radical (unpaired) electrons. The third-order valence-electron chi connectivity index (χ3n) is 7.08. The Morgan fingerprint density at radius 2 is 1.48 bits per heavy atom. The molecule has 3 rings (SSSR count). The first-order chi connectivity index (χ1) is 20.0. The first-order valence-electron chi connectivity index (χ1n) is 15.1. The molecule has 2 N–H and O–H groups in total. The standard InChI is InChI=1S/C35H47N3O4/c1-7-8-9-10-16-23-38(33(40)30(25(2)3)37-34(41)42-35(4,5)6)31(27-18-12-11-13-19-27)32(39)36-29-22-21-26-17-14-15-20-28(26)24-29/h11-15,17-22,24-25,30-31H,7-10,16,23H2,1-6H3,(H,36,39)(H,37,41). The van der Waals surface area contributed by atoms with Crippen molar-refractivity contribution in [3.63, 3.8) is 0 Å². The van der Waals surface area contributed by atoms with Crippen LogP contribution in [0.25, 0.3) is 10.8 Å². The largest absolute Gasteiger partial charge is 0.444 e. The number of ether oxygens (including phenoxy) is 1. The Labute approximate surface area is 251 Å². The number of carbonyl (C=O) groups excluding carboxylic acids is 3. The number of benzene rings is 3. The summed E-state index contributed by atoms with van der Waals surface area (Å²) in [5.74, 6) is -0.848. The normalized spacial score (nSPS) is 12.9. The molecule has 0 aliphatic heterocycles. The third-order valence-corrected chi connectivity index (χ3v) is 7.08. The maximum absolute atomic E-state index is 14.3. The molecule has 0 bridgehead atoms. The Kier molecular flexibility index (Phi) is 12.0. The van der Waals surface area contributed by atoms with Crippen LogP contribution in [-0.4, -0.2) is 41.0 Å². The van der Waals surface area contributed by atoms with Gasteiger partial charge in [0, 0.05) is 12.2 Å². The van der Waals surface area contributed by atoms with E-state index in [1.165, 1.54) is 0 Å². The van der Waals surface area contributed by atoms with Crippen LogP contribution in [0.4, 0.5) is 10.5 Å². The summed E-state index contributed by atoms with van der Waals surface area (Å²) in [6, 6.07) is 21.4. The van der Waals surface area contributed by atoms with E-state index in [1.54, 1.807) is 25.7 Å². The molecule has 0 aromatic heterocycles. The molecule has 226 valence electrons. The van der Waals surface area contributed by atoms with E-state index < -0.39 is 23.8 Å². The summed E-state index contributed by atoms with van der Waals surface area (Å²) in [5, 5.41) is 7.96. The highest BCUT2D eigenvalue weighted by Gasteiger charge is 2.37. The van der Waals surface area contributed by atoms with Gasteiger partial charge in [-0.25, -0.2) is 4.79 Å². The smallest absolute Gasteiger partial charge is 0.408 e. The molecule has 0 saturated heterocycles. The Bertz CT molecular complexity index is 1320. The van der Waals surface area contributed by atoms with Gasteiger partial charge in [0.05, 0.1) is 0 Å². The van der Waals surface area contributed by atoms with Crippen LogP contribution in [0.3, 0.4) is 0 Å². The molecule has 7 heteroatoms. The summed E-state index contributed by atoms with van der Waals surface area (Å²) in [6.07, 6.45) is 4.31. The van der Waals surface area contributed by atoms with Crippen molar-refractivity contribution < 1.29 is 19.1 Å². The van der Waals surface area contributed by atoms with E-state index in [2.05, 4.69) is 17.6 Å². The van der Waals surface area contributed by atoms with Gasteiger partial charge in [-0.05, 0) is 61.6 Å². The minimum atomic E-state index is -0.891. The van der Waals surface area contributed by atoms with Crippen LogP contribution in [0, 0.1) is 5.92 Å². The topological polar surface area (TPSA) is 87.7 Å². The molecule has 3 aromatic carbocycles. The number of alkyl carbamates (subject to hydrolysis) is 1. The van der Waals surface area contributed by atoms with E-state index in [0.29, 0.717) is 17.8 Å². The zero-order valence-corrected chi connectivity index (χ0v) is 26.0. The minimum absolute atomic E-state index is 0.229. The minimum Gasteiger partial charge on any atom is -0.444 e. The van der Waals surface area contributed by atoms with Crippen molar-refractivity contribution >= 4 is 34.4 Å². The molecular weight excluding hydrogens is 526 g/mol. The van der Waals surface area contributed by atoms with Crippen LogP contribution in [-0.2, 0) is 14.3 Å². The van der Waals surface area contributed by atoms with Crippen molar-refractivity contribution in [3.8, 4) is 0 Å². The SMILES string of the molecule is CCCCCCCN(C(=O)C(NC(=O)OC(C)(C)C)C(C)C)C(C(=O)Nc1ccc2ccccc2c1)c1ccccc1. The number of amides is 3. The lowest BCUT2D eigenvalue weighted by Gasteiger charge is -2.35. The van der Waals surface area contributed by atoms with Crippen LogP contribution in [0.2, 0.25) is 0 Å². The lowest BCUT2D eigenvalue weighted by molar-refractivity contribution is -0.141. The van der Waals surface area contributed by atoms with Crippen molar-refractivity contribution in [2.75, 3.05) is 11.9 Å². The van der Waals surface area contributed by atoms with Gasteiger partial charge in [0.1, 0.15) is 17.7 Å². The van der Waals surface area contributed by atoms with Crippen LogP contribution >= 0.6 is 0 Å². The highest BCUT2D eigenvalue weighted by atomic mass is 16.6. The monoisotopic (exact) mass is 573 g/mol. The maximum Gasteiger partial charge on any atom is 0.408 e. The van der Waals surface area contributed by atoms with Crippen LogP contribution in [0.15, 0.2) is 72.8 Å². The van der Waals surface area contributed by atoms with Gasteiger partial charge in [-0.3, -0.25) is 9.59 Å². The second-order valence-corrected chi connectivity index (χ2v) is 12.2. The quantitative estimate of drug-likeness (QED) is 0.204. The number of fused-ring (bicyclic) bond motifs is 1. The van der Waals surface area contributed by atoms with Crippen molar-refractivity contribution in [1.29, 1.82) is 0 Å². The van der Waals surface area contributed by atoms with Crippen molar-refractivity contribution in [2.24, 2.45) is 5.92 Å². The first kappa shape index (κ1) is 32.6. The lowest BCUT2D eigenvalue weighted by Crippen LogP contribution is -2.54. The Hall–Kier alpha value is -3.87. The van der Waals surface area contributed by atoms with Gasteiger partial charge in [0.15, 0.2) is 0 Å². The molecule has 0 heterocycles. The summed E-state index contributed by atoms with van der Waals surface area (Å²) >= 11 is 0. The molecule has 3 aromatic rings. The number of nitrogens with one attached hydrogen (secondary N) is 2. The molecule has 3 amide bonds. The molecule has 2 unspecified atom stereocenters. The van der Waals surface area contributed by atoms with Gasteiger partial charge in [-0.1, -0.05) is 107 Å². The zero-order chi connectivity index (χ0) is 30.7. The number of nitrogens with zero attached hydrogens (tertiary/aromatic N) is 1. The Morgan fingerprint density at radius 1 is 0.833 bits per heavy atom. The number of hydrogen-bond acceptors (Lipinski definition) is 4. The predicted octanol–water partition coefficient (Wildman–Crippen LogP) is 7.87. The van der Waals surface area contributed by atoms with Gasteiger partial charge >= 0.3 is 6.09 Å². The molecule has 0 spiro atoms. The van der Waals surface area contributed by atoms with Crippen LogP contribution < -0.4 is 10.6 Å². The van der Waals surface area contributed by atoms with Crippen molar-refractivity contribution in [2.45, 2.75) is 91.3 Å². The molecule has 2 atom stereocenters. The van der Waals surface area contributed by atoms with Gasteiger partial charge < -0.3 is 20.3 Å². The molecule has 0 fully saturated rings. The predicted molar refractivity (Wildman–Crippen MR) is 170 cm³/mol. The van der Waals surface area contributed by atoms with Gasteiger partial charge in [-0.2, -0.15) is 0 Å². The number of rotatable bonds is 13. The summed E-state index contributed by atoms with van der Waals surface area (Å²) in [5.41, 5.74) is 0.652. The Balaban J connectivity index is 1.98. The number of carbonyl (C=O) groups is 3. The molecule has 42 heavy (non-hydrogen) atoms. The van der Waals surface area contributed by atoms with E-state index in [4.69, 9.17) is 4.74 Å². The molecular formula is C35H47N3O4. The maximum atomic E-state index is 14.3. The lowest BCUT2D eigenvalue weighted by atomic mass is 9.98. The van der Waals surface area contributed by atoms with E-state index >= 15 is 0 Å². The second-order valence-electron chi connectivity index (χ2n) is 12.2. The average molecular weight is 574 g/mol. The number of anilines is 1. The van der Waals surface area contributed by atoms with Crippen molar-refractivity contribution in [1.82, 2.24) is 10.2 Å². The van der Waals surface area contributed by atoms with E-state index in [1.807, 2.05) is 86.6 Å². The van der Waals surface area contributed by atoms with Crippen molar-refractivity contribution in [3.05, 3.63) is 78.4 Å². The molecule has 0 aliphatic rings. The fraction of sp³-hybridized carbons (Fsp3) is 0.457. The van der Waals surface area contributed by atoms with Gasteiger partial charge in [-0.15, -0.1) is 0 Å².